The predicted octanol–water partition coefficient (Wildman–Crippen LogP) is 6.29. The molecular weight excluding hydrogens is 466 g/mol. The van der Waals surface area contributed by atoms with E-state index in [1.54, 1.807) is 43.3 Å². The fourth-order valence-corrected chi connectivity index (χ4v) is 5.92. The van der Waals surface area contributed by atoms with Crippen LogP contribution in [-0.2, 0) is 0 Å². The van der Waals surface area contributed by atoms with Crippen LogP contribution in [0.4, 0.5) is 8.78 Å². The Hall–Kier alpha value is -2.22. The molecule has 1 N–H and O–H groups in total. The largest absolute Gasteiger partial charge is 0.497 e. The van der Waals surface area contributed by atoms with Crippen LogP contribution in [0, 0.1) is 17.7 Å². The zero-order chi connectivity index (χ0) is 24.6. The Balaban J connectivity index is 1.26. The van der Waals surface area contributed by atoms with Crippen molar-refractivity contribution in [2.24, 2.45) is 11.8 Å². The van der Waals surface area contributed by atoms with Crippen molar-refractivity contribution in [1.82, 2.24) is 9.88 Å². The number of thioether (sulfide) groups is 1. The summed E-state index contributed by atoms with van der Waals surface area (Å²) in [6, 6.07) is 14.0. The third-order valence-corrected chi connectivity index (χ3v) is 8.08. The van der Waals surface area contributed by atoms with Gasteiger partial charge in [-0.2, -0.15) is 0 Å². The van der Waals surface area contributed by atoms with Crippen LogP contribution in [-0.4, -0.2) is 54.1 Å². The lowest BCUT2D eigenvalue weighted by molar-refractivity contribution is 0.0640. The van der Waals surface area contributed by atoms with Crippen LogP contribution in [0.1, 0.15) is 37.4 Å². The molecule has 1 unspecified atom stereocenters. The lowest BCUT2D eigenvalue weighted by Crippen LogP contribution is -2.42. The minimum absolute atomic E-state index is 0.131. The average molecular weight is 501 g/mol. The number of halogens is 2. The van der Waals surface area contributed by atoms with E-state index in [0.717, 1.165) is 60.4 Å². The lowest BCUT2D eigenvalue weighted by atomic mass is 9.81. The maximum absolute atomic E-state index is 15.4. The van der Waals surface area contributed by atoms with Gasteiger partial charge in [0, 0.05) is 29.6 Å². The standard InChI is InChI=1S/C28H34F2N2O2S/c1-34-23-7-9-28-26(17-23)25(10-12-31-28)27(30)8-6-20-11-14-32(18-21(20)19-33)13-3-15-35-24-5-2-4-22(29)16-24/h2,4-5,7,9-10,12,16-17,20-21,27,33H,3,6,8,11,13-15,18-19H2,1H3/t20-,21-,27?/m1/s1. The zero-order valence-electron chi connectivity index (χ0n) is 20.2. The van der Waals surface area contributed by atoms with Crippen molar-refractivity contribution in [3.8, 4) is 5.75 Å². The first-order valence-corrected chi connectivity index (χ1v) is 13.3. The second kappa shape index (κ2) is 12.7. The molecule has 0 radical (unpaired) electrons. The molecule has 7 heteroatoms. The number of rotatable bonds is 11. The summed E-state index contributed by atoms with van der Waals surface area (Å²) in [5.74, 6) is 1.91. The van der Waals surface area contributed by atoms with E-state index in [9.17, 15) is 9.50 Å². The molecule has 0 spiro atoms. The Morgan fingerprint density at radius 3 is 2.89 bits per heavy atom. The molecule has 1 aliphatic heterocycles. The SMILES string of the molecule is COc1ccc2nccc(C(F)CC[C@@H]3CCN(CCCSc4cccc(F)c4)C[C@@H]3CO)c2c1. The predicted molar refractivity (Wildman–Crippen MR) is 138 cm³/mol. The van der Waals surface area contributed by atoms with Gasteiger partial charge in [-0.1, -0.05) is 6.07 Å². The molecule has 3 aromatic rings. The first kappa shape index (κ1) is 25.9. The molecule has 0 amide bonds. The van der Waals surface area contributed by atoms with Crippen LogP contribution in [0.15, 0.2) is 59.6 Å². The summed E-state index contributed by atoms with van der Waals surface area (Å²) in [4.78, 5) is 7.71. The summed E-state index contributed by atoms with van der Waals surface area (Å²) < 4.78 is 34.0. The Kier molecular flexibility index (Phi) is 9.35. The first-order valence-electron chi connectivity index (χ1n) is 12.4. The molecule has 1 aliphatic rings. The highest BCUT2D eigenvalue weighted by Crippen LogP contribution is 2.35. The van der Waals surface area contributed by atoms with Crippen LogP contribution in [0.25, 0.3) is 10.9 Å². The van der Waals surface area contributed by atoms with Gasteiger partial charge in [-0.3, -0.25) is 4.98 Å². The van der Waals surface area contributed by atoms with Gasteiger partial charge in [0.2, 0.25) is 0 Å². The van der Waals surface area contributed by atoms with E-state index >= 15 is 4.39 Å². The number of aliphatic hydroxyl groups excluding tert-OH is 1. The molecular formula is C28H34F2N2O2S. The number of alkyl halides is 1. The molecule has 3 atom stereocenters. The van der Waals surface area contributed by atoms with Crippen molar-refractivity contribution in [3.63, 3.8) is 0 Å². The molecule has 0 saturated carbocycles. The number of aromatic nitrogens is 1. The number of benzene rings is 2. The molecule has 1 fully saturated rings. The highest BCUT2D eigenvalue weighted by molar-refractivity contribution is 7.99. The number of likely N-dealkylation sites (tertiary alicyclic amines) is 1. The molecule has 4 nitrogen and oxygen atoms in total. The van der Waals surface area contributed by atoms with Gasteiger partial charge in [-0.05, 0) is 104 Å². The summed E-state index contributed by atoms with van der Waals surface area (Å²) in [5.41, 5.74) is 1.42. The maximum Gasteiger partial charge on any atom is 0.126 e. The number of nitrogens with zero attached hydrogens (tertiary/aromatic N) is 2. The van der Waals surface area contributed by atoms with Gasteiger partial charge in [0.25, 0.3) is 0 Å². The molecule has 1 saturated heterocycles. The van der Waals surface area contributed by atoms with Gasteiger partial charge in [-0.15, -0.1) is 11.8 Å². The smallest absolute Gasteiger partial charge is 0.126 e. The average Bonchev–Trinajstić information content (AvgIpc) is 2.89. The molecule has 0 aliphatic carbocycles. The Morgan fingerprint density at radius 2 is 2.09 bits per heavy atom. The minimum Gasteiger partial charge on any atom is -0.497 e. The second-order valence-electron chi connectivity index (χ2n) is 9.28. The van der Waals surface area contributed by atoms with Crippen LogP contribution >= 0.6 is 11.8 Å². The number of hydrogen-bond donors (Lipinski definition) is 1. The van der Waals surface area contributed by atoms with E-state index in [-0.39, 0.29) is 18.3 Å². The minimum atomic E-state index is -1.08. The maximum atomic E-state index is 15.4. The third-order valence-electron chi connectivity index (χ3n) is 7.00. The number of piperidine rings is 1. The summed E-state index contributed by atoms with van der Waals surface area (Å²) in [6.45, 7) is 2.91. The molecule has 4 rings (SSSR count). The van der Waals surface area contributed by atoms with E-state index < -0.39 is 6.17 Å². The molecule has 2 heterocycles. The van der Waals surface area contributed by atoms with Crippen LogP contribution < -0.4 is 4.74 Å². The number of aliphatic hydroxyl groups is 1. The van der Waals surface area contributed by atoms with E-state index in [1.807, 2.05) is 24.3 Å². The van der Waals surface area contributed by atoms with Gasteiger partial charge in [0.1, 0.15) is 17.7 Å². The third kappa shape index (κ3) is 6.93. The normalized spacial score (nSPS) is 19.7. The zero-order valence-corrected chi connectivity index (χ0v) is 21.0. The van der Waals surface area contributed by atoms with Gasteiger partial charge in [0.15, 0.2) is 0 Å². The number of ether oxygens (including phenoxy) is 1. The monoisotopic (exact) mass is 500 g/mol. The van der Waals surface area contributed by atoms with Gasteiger partial charge < -0.3 is 14.7 Å². The fourth-order valence-electron chi connectivity index (χ4n) is 5.04. The molecule has 0 bridgehead atoms. The van der Waals surface area contributed by atoms with Crippen molar-refractivity contribution in [3.05, 3.63) is 66.1 Å². The number of methoxy groups -OCH3 is 1. The molecule has 188 valence electrons. The lowest BCUT2D eigenvalue weighted by Gasteiger charge is -2.38. The second-order valence-corrected chi connectivity index (χ2v) is 10.4. The van der Waals surface area contributed by atoms with Crippen molar-refractivity contribution in [2.75, 3.05) is 39.1 Å². The van der Waals surface area contributed by atoms with Crippen LogP contribution in [0.2, 0.25) is 0 Å². The summed E-state index contributed by atoms with van der Waals surface area (Å²) in [6.07, 6.45) is 3.75. The topological polar surface area (TPSA) is 45.6 Å². The van der Waals surface area contributed by atoms with Crippen molar-refractivity contribution >= 4 is 22.7 Å². The number of hydrogen-bond acceptors (Lipinski definition) is 5. The highest BCUT2D eigenvalue weighted by atomic mass is 32.2. The Morgan fingerprint density at radius 1 is 1.20 bits per heavy atom. The van der Waals surface area contributed by atoms with Gasteiger partial charge >= 0.3 is 0 Å². The first-order chi connectivity index (χ1) is 17.1. The van der Waals surface area contributed by atoms with Gasteiger partial charge in [0.05, 0.1) is 12.6 Å². The quantitative estimate of drug-likeness (QED) is 0.248. The van der Waals surface area contributed by atoms with E-state index in [1.165, 1.54) is 6.07 Å². The molecule has 2 aromatic carbocycles. The summed E-state index contributed by atoms with van der Waals surface area (Å²) in [7, 11) is 1.61. The summed E-state index contributed by atoms with van der Waals surface area (Å²) >= 11 is 1.67. The molecule has 35 heavy (non-hydrogen) atoms. The summed E-state index contributed by atoms with van der Waals surface area (Å²) in [5, 5.41) is 10.8. The van der Waals surface area contributed by atoms with Crippen molar-refractivity contribution < 1.29 is 18.6 Å². The number of pyridine rings is 1. The van der Waals surface area contributed by atoms with Crippen molar-refractivity contribution in [2.45, 2.75) is 36.8 Å². The van der Waals surface area contributed by atoms with Crippen molar-refractivity contribution in [1.29, 1.82) is 0 Å². The van der Waals surface area contributed by atoms with Gasteiger partial charge in [-0.25, -0.2) is 8.78 Å². The highest BCUT2D eigenvalue weighted by Gasteiger charge is 2.29. The Bertz CT molecular complexity index is 1100. The Labute approximate surface area is 210 Å². The van der Waals surface area contributed by atoms with E-state index in [2.05, 4.69) is 9.88 Å². The van der Waals surface area contributed by atoms with Crippen LogP contribution in [0.5, 0.6) is 5.75 Å². The van der Waals surface area contributed by atoms with Crippen LogP contribution in [0.3, 0.4) is 0 Å². The fraction of sp³-hybridized carbons (Fsp3) is 0.464. The molecule has 1 aromatic heterocycles. The van der Waals surface area contributed by atoms with E-state index in [4.69, 9.17) is 4.74 Å². The number of fused-ring (bicyclic) bond motifs is 1. The van der Waals surface area contributed by atoms with E-state index in [0.29, 0.717) is 23.7 Å².